The van der Waals surface area contributed by atoms with Crippen molar-refractivity contribution in [3.63, 3.8) is 0 Å². The van der Waals surface area contributed by atoms with Crippen LogP contribution in [0.5, 0.6) is 0 Å². The summed E-state index contributed by atoms with van der Waals surface area (Å²) in [6.07, 6.45) is 4.55. The molecule has 1 aliphatic rings. The fourth-order valence-corrected chi connectivity index (χ4v) is 3.46. The summed E-state index contributed by atoms with van der Waals surface area (Å²) in [5.41, 5.74) is 4.70. The van der Waals surface area contributed by atoms with Crippen LogP contribution in [-0.2, 0) is 19.4 Å². The predicted octanol–water partition coefficient (Wildman–Crippen LogP) is 4.52. The first-order valence-electron chi connectivity index (χ1n) is 9.28. The van der Waals surface area contributed by atoms with Gasteiger partial charge in [0.1, 0.15) is 0 Å². The molecule has 0 saturated heterocycles. The van der Waals surface area contributed by atoms with Crippen molar-refractivity contribution in [1.82, 2.24) is 10.6 Å². The number of fused-ring (bicyclic) bond motifs is 1. The molecule has 0 radical (unpaired) electrons. The highest BCUT2D eigenvalue weighted by atomic mass is 35.5. The van der Waals surface area contributed by atoms with E-state index in [9.17, 15) is 4.79 Å². The summed E-state index contributed by atoms with van der Waals surface area (Å²) >= 11 is 5.85. The zero-order chi connectivity index (χ0) is 18.4. The Labute approximate surface area is 160 Å². The Hall–Kier alpha value is -2.04. The molecule has 3 rings (SSSR count). The van der Waals surface area contributed by atoms with Crippen LogP contribution in [0, 0.1) is 0 Å². The summed E-state index contributed by atoms with van der Waals surface area (Å²) in [5, 5.41) is 9.99. The van der Waals surface area contributed by atoms with Gasteiger partial charge in [0.25, 0.3) is 0 Å². The number of aryl methyl sites for hydroxylation is 1. The molecule has 5 heteroatoms. The Morgan fingerprint density at radius 2 is 1.96 bits per heavy atom. The number of carbonyl (C=O) groups is 1. The third-order valence-corrected chi connectivity index (χ3v) is 4.99. The van der Waals surface area contributed by atoms with Crippen molar-refractivity contribution in [2.75, 3.05) is 11.9 Å². The number of hydrogen-bond donors (Lipinski definition) is 3. The molecule has 2 aromatic rings. The monoisotopic (exact) mass is 371 g/mol. The standard InChI is InChI=1S/C21H26ClN3O/c1-2-11-23-20-8-5-16-12-15(3-4-17(16)13-20)14-24-21(26)25-19-9-6-18(22)7-10-19/h3-4,6-7,9-10,12,20,23H,2,5,8,11,13-14H2,1H3,(H2,24,25,26)/t20-/m1/s1. The molecule has 2 amide bonds. The van der Waals surface area contributed by atoms with Gasteiger partial charge in [-0.15, -0.1) is 0 Å². The average Bonchev–Trinajstić information content (AvgIpc) is 2.66. The van der Waals surface area contributed by atoms with E-state index in [1.54, 1.807) is 24.3 Å². The van der Waals surface area contributed by atoms with Crippen molar-refractivity contribution in [1.29, 1.82) is 0 Å². The molecule has 2 aromatic carbocycles. The summed E-state index contributed by atoms with van der Waals surface area (Å²) in [7, 11) is 0. The molecule has 0 heterocycles. The van der Waals surface area contributed by atoms with E-state index in [0.717, 1.165) is 30.6 Å². The lowest BCUT2D eigenvalue weighted by Crippen LogP contribution is -2.35. The number of benzene rings is 2. The van der Waals surface area contributed by atoms with E-state index < -0.39 is 0 Å². The molecule has 1 aliphatic carbocycles. The van der Waals surface area contributed by atoms with Crippen molar-refractivity contribution in [2.45, 2.75) is 45.2 Å². The van der Waals surface area contributed by atoms with Gasteiger partial charge in [-0.2, -0.15) is 0 Å². The first kappa shape index (κ1) is 18.7. The number of anilines is 1. The third-order valence-electron chi connectivity index (χ3n) is 4.74. The normalized spacial score (nSPS) is 16.0. The fourth-order valence-electron chi connectivity index (χ4n) is 3.33. The maximum atomic E-state index is 12.0. The van der Waals surface area contributed by atoms with E-state index in [1.807, 2.05) is 0 Å². The van der Waals surface area contributed by atoms with Crippen molar-refractivity contribution >= 4 is 23.3 Å². The van der Waals surface area contributed by atoms with Gasteiger partial charge in [-0.05, 0) is 73.2 Å². The fraction of sp³-hybridized carbons (Fsp3) is 0.381. The lowest BCUT2D eigenvalue weighted by Gasteiger charge is -2.26. The highest BCUT2D eigenvalue weighted by molar-refractivity contribution is 6.30. The van der Waals surface area contributed by atoms with E-state index in [0.29, 0.717) is 17.6 Å². The molecule has 26 heavy (non-hydrogen) atoms. The van der Waals surface area contributed by atoms with Crippen LogP contribution >= 0.6 is 11.6 Å². The van der Waals surface area contributed by atoms with Gasteiger partial charge in [0.2, 0.25) is 0 Å². The van der Waals surface area contributed by atoms with Crippen LogP contribution < -0.4 is 16.0 Å². The van der Waals surface area contributed by atoms with E-state index >= 15 is 0 Å². The van der Waals surface area contributed by atoms with Crippen molar-refractivity contribution in [2.24, 2.45) is 0 Å². The Balaban J connectivity index is 1.51. The molecule has 3 N–H and O–H groups in total. The molecule has 0 aliphatic heterocycles. The van der Waals surface area contributed by atoms with Gasteiger partial charge in [0.05, 0.1) is 0 Å². The van der Waals surface area contributed by atoms with Crippen LogP contribution in [0.3, 0.4) is 0 Å². The minimum Gasteiger partial charge on any atom is -0.334 e. The number of hydrogen-bond acceptors (Lipinski definition) is 2. The number of urea groups is 1. The second kappa shape index (κ2) is 9.06. The van der Waals surface area contributed by atoms with E-state index in [-0.39, 0.29) is 6.03 Å². The molecule has 0 fully saturated rings. The third kappa shape index (κ3) is 5.23. The highest BCUT2D eigenvalue weighted by Gasteiger charge is 2.18. The minimum absolute atomic E-state index is 0.214. The van der Waals surface area contributed by atoms with E-state index in [4.69, 9.17) is 11.6 Å². The van der Waals surface area contributed by atoms with Crippen LogP contribution in [0.2, 0.25) is 5.02 Å². The van der Waals surface area contributed by atoms with Gasteiger partial charge in [-0.3, -0.25) is 0 Å². The Kier molecular flexibility index (Phi) is 6.53. The quantitative estimate of drug-likeness (QED) is 0.699. The molecule has 0 aromatic heterocycles. The zero-order valence-corrected chi connectivity index (χ0v) is 15.9. The molecular weight excluding hydrogens is 346 g/mol. The lowest BCUT2D eigenvalue weighted by molar-refractivity contribution is 0.251. The van der Waals surface area contributed by atoms with Gasteiger partial charge < -0.3 is 16.0 Å². The van der Waals surface area contributed by atoms with E-state index in [1.165, 1.54) is 24.0 Å². The predicted molar refractivity (Wildman–Crippen MR) is 108 cm³/mol. The van der Waals surface area contributed by atoms with Gasteiger partial charge in [-0.25, -0.2) is 4.79 Å². The molecule has 0 unspecified atom stereocenters. The summed E-state index contributed by atoms with van der Waals surface area (Å²) in [4.78, 5) is 12.0. The molecule has 138 valence electrons. The van der Waals surface area contributed by atoms with Gasteiger partial charge in [0.15, 0.2) is 0 Å². The maximum absolute atomic E-state index is 12.0. The first-order chi connectivity index (χ1) is 12.6. The molecule has 0 spiro atoms. The molecular formula is C21H26ClN3O. The van der Waals surface area contributed by atoms with Crippen LogP contribution in [0.4, 0.5) is 10.5 Å². The summed E-state index contributed by atoms with van der Waals surface area (Å²) in [6.45, 7) is 3.81. The number of amides is 2. The first-order valence-corrected chi connectivity index (χ1v) is 9.66. The number of nitrogens with one attached hydrogen (secondary N) is 3. The van der Waals surface area contributed by atoms with Gasteiger partial charge in [-0.1, -0.05) is 36.7 Å². The Morgan fingerprint density at radius 3 is 2.73 bits per heavy atom. The Morgan fingerprint density at radius 1 is 1.15 bits per heavy atom. The van der Waals surface area contributed by atoms with Gasteiger partial charge in [0, 0.05) is 23.3 Å². The van der Waals surface area contributed by atoms with Crippen molar-refractivity contribution < 1.29 is 4.79 Å². The molecule has 4 nitrogen and oxygen atoms in total. The molecule has 1 atom stereocenters. The summed E-state index contributed by atoms with van der Waals surface area (Å²) in [5.74, 6) is 0. The number of halogens is 1. The van der Waals surface area contributed by atoms with Gasteiger partial charge >= 0.3 is 6.03 Å². The smallest absolute Gasteiger partial charge is 0.319 e. The van der Waals surface area contributed by atoms with E-state index in [2.05, 4.69) is 41.1 Å². The number of carbonyl (C=O) groups excluding carboxylic acids is 1. The van der Waals surface area contributed by atoms with Crippen molar-refractivity contribution in [3.05, 3.63) is 64.2 Å². The average molecular weight is 372 g/mol. The van der Waals surface area contributed by atoms with Crippen LogP contribution in [0.15, 0.2) is 42.5 Å². The van der Waals surface area contributed by atoms with Crippen LogP contribution in [0.25, 0.3) is 0 Å². The SMILES string of the molecule is CCCN[C@@H]1CCc2cc(CNC(=O)Nc3ccc(Cl)cc3)ccc2C1. The van der Waals surface area contributed by atoms with Crippen LogP contribution in [0.1, 0.15) is 36.5 Å². The van der Waals surface area contributed by atoms with Crippen molar-refractivity contribution in [3.8, 4) is 0 Å². The lowest BCUT2D eigenvalue weighted by atomic mass is 9.87. The topological polar surface area (TPSA) is 53.2 Å². The maximum Gasteiger partial charge on any atom is 0.319 e. The minimum atomic E-state index is -0.214. The van der Waals surface area contributed by atoms with Crippen LogP contribution in [-0.4, -0.2) is 18.6 Å². The summed E-state index contributed by atoms with van der Waals surface area (Å²) in [6, 6.07) is 14.0. The molecule has 0 saturated carbocycles. The largest absolute Gasteiger partial charge is 0.334 e. The summed E-state index contributed by atoms with van der Waals surface area (Å²) < 4.78 is 0. The zero-order valence-electron chi connectivity index (χ0n) is 15.1. The number of rotatable bonds is 6. The Bertz CT molecular complexity index is 745. The second-order valence-electron chi connectivity index (χ2n) is 6.81. The highest BCUT2D eigenvalue weighted by Crippen LogP contribution is 2.23. The second-order valence-corrected chi connectivity index (χ2v) is 7.25. The molecule has 0 bridgehead atoms.